The molecule has 0 aliphatic heterocycles. The van der Waals surface area contributed by atoms with Gasteiger partial charge in [0, 0.05) is 23.8 Å². The topological polar surface area (TPSA) is 56.5 Å². The first-order valence-electron chi connectivity index (χ1n) is 8.37. The summed E-state index contributed by atoms with van der Waals surface area (Å²) in [6.07, 6.45) is 4.91. The van der Waals surface area contributed by atoms with Crippen molar-refractivity contribution in [1.29, 1.82) is 0 Å². The fourth-order valence-corrected chi connectivity index (χ4v) is 3.54. The smallest absolute Gasteiger partial charge is 0.196 e. The van der Waals surface area contributed by atoms with E-state index in [1.165, 1.54) is 29.5 Å². The molecule has 0 aliphatic rings. The van der Waals surface area contributed by atoms with E-state index < -0.39 is 0 Å². The van der Waals surface area contributed by atoms with E-state index in [9.17, 15) is 4.39 Å². The number of aromatic nitrogens is 5. The Kier molecular flexibility index (Phi) is 4.93. The third-order valence-electron chi connectivity index (χ3n) is 3.97. The van der Waals surface area contributed by atoms with Crippen molar-refractivity contribution in [2.24, 2.45) is 0 Å². The van der Waals surface area contributed by atoms with Crippen molar-refractivity contribution in [3.05, 3.63) is 84.1 Å². The number of hydrogen-bond donors (Lipinski definition) is 0. The minimum Gasteiger partial charge on any atom is -0.269 e. The molecule has 0 fully saturated rings. The molecule has 27 heavy (non-hydrogen) atoms. The number of thioether (sulfide) groups is 1. The molecule has 0 aliphatic carbocycles. The van der Waals surface area contributed by atoms with Crippen LogP contribution in [-0.4, -0.2) is 24.7 Å². The van der Waals surface area contributed by atoms with Crippen molar-refractivity contribution in [3.63, 3.8) is 0 Å². The summed E-state index contributed by atoms with van der Waals surface area (Å²) in [6.45, 7) is 2.04. The molecule has 7 heteroatoms. The quantitative estimate of drug-likeness (QED) is 0.481. The number of nitrogens with zero attached hydrogens (tertiary/aromatic N) is 5. The minimum absolute atomic E-state index is 0.242. The molecular formula is C20H16FN5S. The van der Waals surface area contributed by atoms with Gasteiger partial charge >= 0.3 is 0 Å². The van der Waals surface area contributed by atoms with Crippen molar-refractivity contribution in [2.45, 2.75) is 17.8 Å². The molecule has 0 N–H and O–H groups in total. The van der Waals surface area contributed by atoms with E-state index in [1.807, 2.05) is 41.8 Å². The number of halogens is 1. The average molecular weight is 377 g/mol. The molecule has 0 amide bonds. The highest BCUT2D eigenvalue weighted by atomic mass is 32.2. The largest absolute Gasteiger partial charge is 0.269 e. The van der Waals surface area contributed by atoms with Gasteiger partial charge in [0.25, 0.3) is 0 Å². The predicted molar refractivity (Wildman–Crippen MR) is 103 cm³/mol. The summed E-state index contributed by atoms with van der Waals surface area (Å²) in [7, 11) is 0. The molecule has 0 saturated heterocycles. The molecule has 5 nitrogen and oxygen atoms in total. The summed E-state index contributed by atoms with van der Waals surface area (Å²) >= 11 is 1.50. The Morgan fingerprint density at radius 1 is 1.04 bits per heavy atom. The molecule has 134 valence electrons. The van der Waals surface area contributed by atoms with E-state index in [1.54, 1.807) is 24.7 Å². The van der Waals surface area contributed by atoms with Crippen LogP contribution < -0.4 is 0 Å². The maximum Gasteiger partial charge on any atom is 0.196 e. The van der Waals surface area contributed by atoms with Gasteiger partial charge in [0.05, 0.1) is 6.20 Å². The van der Waals surface area contributed by atoms with E-state index >= 15 is 0 Å². The van der Waals surface area contributed by atoms with Gasteiger partial charge in [-0.15, -0.1) is 10.2 Å². The highest BCUT2D eigenvalue weighted by molar-refractivity contribution is 7.98. The molecule has 0 unspecified atom stereocenters. The fraction of sp³-hybridized carbons (Fsp3) is 0.100. The van der Waals surface area contributed by atoms with Gasteiger partial charge in [-0.2, -0.15) is 0 Å². The summed E-state index contributed by atoms with van der Waals surface area (Å²) in [6, 6.07) is 14.7. The van der Waals surface area contributed by atoms with Crippen LogP contribution in [0.4, 0.5) is 4.39 Å². The number of rotatable bonds is 5. The SMILES string of the molecule is Cc1ccc(-n2c(SCc3cccc(F)c3)nnc2-c2cnccn2)cc1. The molecule has 4 rings (SSSR count). The molecule has 0 radical (unpaired) electrons. The molecule has 0 atom stereocenters. The lowest BCUT2D eigenvalue weighted by atomic mass is 10.2. The normalized spacial score (nSPS) is 10.9. The number of benzene rings is 2. The van der Waals surface area contributed by atoms with Crippen molar-refractivity contribution in [3.8, 4) is 17.2 Å². The Labute approximate surface area is 160 Å². The highest BCUT2D eigenvalue weighted by Gasteiger charge is 2.17. The van der Waals surface area contributed by atoms with Gasteiger partial charge in [0.2, 0.25) is 0 Å². The van der Waals surface area contributed by atoms with E-state index in [0.717, 1.165) is 11.3 Å². The molecule has 2 aromatic heterocycles. The van der Waals surface area contributed by atoms with Crippen molar-refractivity contribution in [1.82, 2.24) is 24.7 Å². The zero-order valence-corrected chi connectivity index (χ0v) is 15.4. The molecule has 0 spiro atoms. The van der Waals surface area contributed by atoms with Crippen LogP contribution in [0, 0.1) is 12.7 Å². The Morgan fingerprint density at radius 3 is 2.63 bits per heavy atom. The standard InChI is InChI=1S/C20H16FN5S/c1-14-5-7-17(8-6-14)26-19(18-12-22-9-10-23-18)24-25-20(26)27-13-15-3-2-4-16(21)11-15/h2-12H,13H2,1H3. The van der Waals surface area contributed by atoms with Crippen molar-refractivity contribution in [2.75, 3.05) is 0 Å². The summed E-state index contributed by atoms with van der Waals surface area (Å²) in [4.78, 5) is 8.48. The maximum atomic E-state index is 13.4. The highest BCUT2D eigenvalue weighted by Crippen LogP contribution is 2.29. The van der Waals surface area contributed by atoms with Gasteiger partial charge in [-0.1, -0.05) is 41.6 Å². The first-order valence-corrected chi connectivity index (χ1v) is 9.35. The summed E-state index contributed by atoms with van der Waals surface area (Å²) in [5, 5.41) is 9.39. The van der Waals surface area contributed by atoms with Crippen molar-refractivity contribution >= 4 is 11.8 Å². The lowest BCUT2D eigenvalue weighted by Gasteiger charge is -2.10. The van der Waals surface area contributed by atoms with Gasteiger partial charge in [-0.25, -0.2) is 9.37 Å². The van der Waals surface area contributed by atoms with E-state index in [2.05, 4.69) is 20.2 Å². The molecule has 2 heterocycles. The van der Waals surface area contributed by atoms with Crippen LogP contribution in [0.25, 0.3) is 17.2 Å². The lowest BCUT2D eigenvalue weighted by molar-refractivity contribution is 0.626. The molecule has 0 saturated carbocycles. The van der Waals surface area contributed by atoms with Gasteiger partial charge in [-0.05, 0) is 36.8 Å². The Balaban J connectivity index is 1.73. The third-order valence-corrected chi connectivity index (χ3v) is 4.97. The summed E-state index contributed by atoms with van der Waals surface area (Å²) < 4.78 is 15.4. The first-order chi connectivity index (χ1) is 13.2. The molecular weight excluding hydrogens is 361 g/mol. The van der Waals surface area contributed by atoms with Crippen LogP contribution in [0.5, 0.6) is 0 Å². The minimum atomic E-state index is -0.242. The number of hydrogen-bond acceptors (Lipinski definition) is 5. The summed E-state index contributed by atoms with van der Waals surface area (Å²) in [5.74, 6) is 0.962. The second kappa shape index (κ2) is 7.67. The molecule has 2 aromatic carbocycles. The second-order valence-electron chi connectivity index (χ2n) is 5.99. The molecule has 4 aromatic rings. The van der Waals surface area contributed by atoms with Crippen molar-refractivity contribution < 1.29 is 4.39 Å². The van der Waals surface area contributed by atoms with Gasteiger partial charge in [0.1, 0.15) is 11.5 Å². The Morgan fingerprint density at radius 2 is 1.89 bits per heavy atom. The zero-order valence-electron chi connectivity index (χ0n) is 14.6. The molecule has 0 bridgehead atoms. The Bertz CT molecular complexity index is 1050. The van der Waals surface area contributed by atoms with E-state index in [4.69, 9.17) is 0 Å². The zero-order chi connectivity index (χ0) is 18.6. The van der Waals surface area contributed by atoms with Crippen LogP contribution in [-0.2, 0) is 5.75 Å². The van der Waals surface area contributed by atoms with E-state index in [-0.39, 0.29) is 5.82 Å². The van der Waals surface area contributed by atoms with Gasteiger partial charge in [-0.3, -0.25) is 9.55 Å². The second-order valence-corrected chi connectivity index (χ2v) is 6.93. The fourth-order valence-electron chi connectivity index (χ4n) is 2.65. The lowest BCUT2D eigenvalue weighted by Crippen LogP contribution is -2.01. The van der Waals surface area contributed by atoms with Gasteiger partial charge in [0.15, 0.2) is 11.0 Å². The predicted octanol–water partition coefficient (Wildman–Crippen LogP) is 4.46. The summed E-state index contributed by atoms with van der Waals surface area (Å²) in [5.41, 5.74) is 3.64. The van der Waals surface area contributed by atoms with Crippen LogP contribution in [0.3, 0.4) is 0 Å². The van der Waals surface area contributed by atoms with E-state index in [0.29, 0.717) is 22.4 Å². The van der Waals surface area contributed by atoms with Crippen LogP contribution in [0.1, 0.15) is 11.1 Å². The van der Waals surface area contributed by atoms with Gasteiger partial charge < -0.3 is 0 Å². The van der Waals surface area contributed by atoms with Crippen LogP contribution in [0.2, 0.25) is 0 Å². The monoisotopic (exact) mass is 377 g/mol. The van der Waals surface area contributed by atoms with Crippen LogP contribution in [0.15, 0.2) is 72.3 Å². The average Bonchev–Trinajstić information content (AvgIpc) is 3.12. The maximum absolute atomic E-state index is 13.4. The first kappa shape index (κ1) is 17.4. The van der Waals surface area contributed by atoms with Crippen LogP contribution >= 0.6 is 11.8 Å². The number of aryl methyl sites for hydroxylation is 1. The third kappa shape index (κ3) is 3.88. The Hall–Kier alpha value is -3.06.